The Morgan fingerprint density at radius 1 is 1.46 bits per heavy atom. The van der Waals surface area contributed by atoms with Crippen LogP contribution in [-0.4, -0.2) is 48.7 Å². The van der Waals surface area contributed by atoms with E-state index < -0.39 is 10.5 Å². The zero-order chi connectivity index (χ0) is 17.6. The molecule has 2 N–H and O–H groups in total. The molecule has 9 nitrogen and oxygen atoms in total. The molecule has 24 heavy (non-hydrogen) atoms. The van der Waals surface area contributed by atoms with Crippen LogP contribution in [0.15, 0.2) is 23.1 Å². The monoisotopic (exact) mass is 338 g/mol. The highest BCUT2D eigenvalue weighted by atomic mass is 16.6. The lowest BCUT2D eigenvalue weighted by Gasteiger charge is -2.37. The minimum absolute atomic E-state index is 0.122. The molecule has 1 aliphatic rings. The normalized spacial score (nSPS) is 16.5. The number of piperidine rings is 1. The molecule has 0 spiro atoms. The van der Waals surface area contributed by atoms with E-state index in [2.05, 4.69) is 10.6 Å². The number of nitrogens with one attached hydrogen (secondary N) is 2. The van der Waals surface area contributed by atoms with Crippen molar-refractivity contribution in [2.45, 2.75) is 19.4 Å². The molecule has 1 amide bonds. The van der Waals surface area contributed by atoms with Crippen molar-refractivity contribution in [3.05, 3.63) is 38.8 Å². The second kappa shape index (κ2) is 8.02. The molecule has 9 heteroatoms. The van der Waals surface area contributed by atoms with E-state index in [0.717, 1.165) is 48.8 Å². The zero-order valence-corrected chi connectivity index (χ0v) is 13.6. The van der Waals surface area contributed by atoms with Gasteiger partial charge in [0.1, 0.15) is 6.54 Å². The summed E-state index contributed by atoms with van der Waals surface area (Å²) in [7, 11) is 1.63. The highest BCUT2D eigenvalue weighted by Crippen LogP contribution is 2.28. The van der Waals surface area contributed by atoms with Crippen molar-refractivity contribution in [3.63, 3.8) is 0 Å². The summed E-state index contributed by atoms with van der Waals surface area (Å²) in [5.41, 5.74) is -0.802. The summed E-state index contributed by atoms with van der Waals surface area (Å²) < 4.78 is 6.33. The van der Waals surface area contributed by atoms with E-state index in [-0.39, 0.29) is 23.6 Å². The molecule has 0 aliphatic carbocycles. The molecule has 1 aromatic rings. The van der Waals surface area contributed by atoms with Crippen molar-refractivity contribution >= 4 is 11.6 Å². The van der Waals surface area contributed by atoms with Crippen LogP contribution in [0.5, 0.6) is 0 Å². The highest BCUT2D eigenvalue weighted by molar-refractivity contribution is 5.75. The minimum atomic E-state index is -0.601. The maximum Gasteiger partial charge on any atom is 0.285 e. The van der Waals surface area contributed by atoms with Gasteiger partial charge in [0.15, 0.2) is 0 Å². The lowest BCUT2D eigenvalue weighted by Crippen LogP contribution is -2.48. The number of pyridine rings is 1. The molecule has 0 unspecified atom stereocenters. The average molecular weight is 338 g/mol. The summed E-state index contributed by atoms with van der Waals surface area (Å²) >= 11 is 0. The quantitative estimate of drug-likeness (QED) is 0.529. The number of hydrogen-bond donors (Lipinski definition) is 2. The molecule has 1 saturated heterocycles. The van der Waals surface area contributed by atoms with Gasteiger partial charge in [-0.25, -0.2) is 0 Å². The number of aromatic nitrogens is 1. The van der Waals surface area contributed by atoms with Crippen molar-refractivity contribution in [2.75, 3.05) is 33.4 Å². The number of methoxy groups -OCH3 is 1. The molecular formula is C15H22N4O5. The summed E-state index contributed by atoms with van der Waals surface area (Å²) in [6, 6.07) is 2.21. The Bertz CT molecular complexity index is 646. The maximum absolute atomic E-state index is 12.1. The molecule has 0 radical (unpaired) electrons. The fourth-order valence-electron chi connectivity index (χ4n) is 2.88. The Hall–Kier alpha value is -2.26. The van der Waals surface area contributed by atoms with Crippen LogP contribution in [0.3, 0.4) is 0 Å². The van der Waals surface area contributed by atoms with Crippen molar-refractivity contribution in [3.8, 4) is 0 Å². The molecule has 0 saturated carbocycles. The van der Waals surface area contributed by atoms with Gasteiger partial charge in [-0.1, -0.05) is 0 Å². The van der Waals surface area contributed by atoms with E-state index in [9.17, 15) is 19.7 Å². The van der Waals surface area contributed by atoms with E-state index in [4.69, 9.17) is 4.74 Å². The fourth-order valence-corrected chi connectivity index (χ4v) is 2.88. The van der Waals surface area contributed by atoms with Crippen LogP contribution in [0.2, 0.25) is 0 Å². The Morgan fingerprint density at radius 2 is 2.17 bits per heavy atom. The van der Waals surface area contributed by atoms with Crippen LogP contribution in [0.1, 0.15) is 12.8 Å². The molecule has 1 aliphatic heterocycles. The van der Waals surface area contributed by atoms with Crippen LogP contribution in [0, 0.1) is 15.5 Å². The van der Waals surface area contributed by atoms with Gasteiger partial charge in [-0.05, 0) is 25.9 Å². The molecule has 0 atom stereocenters. The highest BCUT2D eigenvalue weighted by Gasteiger charge is 2.32. The van der Waals surface area contributed by atoms with Gasteiger partial charge in [0.25, 0.3) is 11.2 Å². The summed E-state index contributed by atoms with van der Waals surface area (Å²) in [4.78, 5) is 34.0. The Morgan fingerprint density at radius 3 is 2.79 bits per heavy atom. The summed E-state index contributed by atoms with van der Waals surface area (Å²) in [6.45, 7) is 2.48. The van der Waals surface area contributed by atoms with Crippen molar-refractivity contribution in [1.82, 2.24) is 15.2 Å². The van der Waals surface area contributed by atoms with Crippen LogP contribution in [0.4, 0.5) is 5.69 Å². The Labute approximate surface area is 139 Å². The van der Waals surface area contributed by atoms with Gasteiger partial charge in [-0.3, -0.25) is 24.3 Å². The van der Waals surface area contributed by atoms with Crippen molar-refractivity contribution < 1.29 is 14.5 Å². The minimum Gasteiger partial charge on any atom is -0.384 e. The maximum atomic E-state index is 12.1. The molecule has 0 bridgehead atoms. The first kappa shape index (κ1) is 18.1. The van der Waals surface area contributed by atoms with Crippen LogP contribution >= 0.6 is 0 Å². The SMILES string of the molecule is COCC1(CNC(=O)Cn2cc([N+](=O)[O-])ccc2=O)CCNCC1. The van der Waals surface area contributed by atoms with Gasteiger partial charge in [-0.15, -0.1) is 0 Å². The Balaban J connectivity index is 1.99. The van der Waals surface area contributed by atoms with Crippen molar-refractivity contribution in [2.24, 2.45) is 5.41 Å². The van der Waals surface area contributed by atoms with Gasteiger partial charge < -0.3 is 15.4 Å². The number of nitrogens with zero attached hydrogens (tertiary/aromatic N) is 2. The molecule has 2 heterocycles. The number of carbonyl (C=O) groups is 1. The molecule has 2 rings (SSSR count). The molecular weight excluding hydrogens is 316 g/mol. The number of rotatable bonds is 7. The number of carbonyl (C=O) groups excluding carboxylic acids is 1. The first-order chi connectivity index (χ1) is 11.5. The number of nitro groups is 1. The van der Waals surface area contributed by atoms with E-state index in [0.29, 0.717) is 13.2 Å². The summed E-state index contributed by atoms with van der Waals surface area (Å²) in [6.07, 6.45) is 2.85. The van der Waals surface area contributed by atoms with Gasteiger partial charge in [0, 0.05) is 31.2 Å². The third-order valence-electron chi connectivity index (χ3n) is 4.27. The lowest BCUT2D eigenvalue weighted by molar-refractivity contribution is -0.385. The van der Waals surface area contributed by atoms with Crippen LogP contribution in [-0.2, 0) is 16.1 Å². The van der Waals surface area contributed by atoms with Gasteiger partial charge in [-0.2, -0.15) is 0 Å². The number of hydrogen-bond acceptors (Lipinski definition) is 6. The first-order valence-electron chi connectivity index (χ1n) is 7.77. The first-order valence-corrected chi connectivity index (χ1v) is 7.77. The predicted molar refractivity (Wildman–Crippen MR) is 86.8 cm³/mol. The third kappa shape index (κ3) is 4.62. The van der Waals surface area contributed by atoms with E-state index in [1.165, 1.54) is 0 Å². The van der Waals surface area contributed by atoms with E-state index >= 15 is 0 Å². The number of amides is 1. The largest absolute Gasteiger partial charge is 0.384 e. The standard InChI is InChI=1S/C15H22N4O5/c1-24-11-15(4-6-16-7-5-15)10-17-13(20)9-18-8-12(19(22)23)2-3-14(18)21/h2-3,8,16H,4-7,9-11H2,1H3,(H,17,20). The second-order valence-electron chi connectivity index (χ2n) is 6.07. The lowest BCUT2D eigenvalue weighted by atomic mass is 9.79. The van der Waals surface area contributed by atoms with Gasteiger partial charge in [0.05, 0.1) is 17.7 Å². The van der Waals surface area contributed by atoms with Crippen LogP contribution < -0.4 is 16.2 Å². The summed E-state index contributed by atoms with van der Waals surface area (Å²) in [5.74, 6) is -0.355. The van der Waals surface area contributed by atoms with E-state index in [1.54, 1.807) is 7.11 Å². The third-order valence-corrected chi connectivity index (χ3v) is 4.27. The number of ether oxygens (including phenoxy) is 1. The smallest absolute Gasteiger partial charge is 0.285 e. The van der Waals surface area contributed by atoms with Gasteiger partial charge in [0.2, 0.25) is 5.91 Å². The Kier molecular flexibility index (Phi) is 6.04. The topological polar surface area (TPSA) is 116 Å². The average Bonchev–Trinajstić information content (AvgIpc) is 2.56. The van der Waals surface area contributed by atoms with Crippen LogP contribution in [0.25, 0.3) is 0 Å². The summed E-state index contributed by atoms with van der Waals surface area (Å²) in [5, 5.41) is 16.9. The fraction of sp³-hybridized carbons (Fsp3) is 0.600. The van der Waals surface area contributed by atoms with E-state index in [1.807, 2.05) is 0 Å². The zero-order valence-electron chi connectivity index (χ0n) is 13.6. The second-order valence-corrected chi connectivity index (χ2v) is 6.07. The predicted octanol–water partition coefficient (Wildman–Crippen LogP) is -0.111. The molecule has 1 fully saturated rings. The molecule has 132 valence electrons. The van der Waals surface area contributed by atoms with Gasteiger partial charge >= 0.3 is 0 Å². The van der Waals surface area contributed by atoms with Crippen molar-refractivity contribution in [1.29, 1.82) is 0 Å². The molecule has 1 aromatic heterocycles. The molecule has 0 aromatic carbocycles.